The van der Waals surface area contributed by atoms with Crippen LogP contribution in [-0.4, -0.2) is 24.0 Å². The molecule has 2 N–H and O–H groups in total. The van der Waals surface area contributed by atoms with Crippen LogP contribution >= 0.6 is 12.4 Å². The highest BCUT2D eigenvalue weighted by atomic mass is 35.5. The normalized spacial score (nSPS) is 33.1. The number of piperidine rings is 1. The first-order chi connectivity index (χ1) is 7.15. The first-order valence-electron chi connectivity index (χ1n) is 5.66. The van der Waals surface area contributed by atoms with Crippen LogP contribution in [0.15, 0.2) is 0 Å². The van der Waals surface area contributed by atoms with Gasteiger partial charge in [0, 0.05) is 19.4 Å². The molecule has 92 valence electrons. The second kappa shape index (κ2) is 5.53. The standard InChI is InChI=1S/C11H18N2O2.ClH/c1-7(14)15-9-3-4-10-8(6-9)2-5-11(12)13-10;/h8-10H,2-6H2,1H3,(H2,12,13);1H/t8-,9?,10+;/m0./s1. The number of fused-ring (bicyclic) bond motifs is 1. The van der Waals surface area contributed by atoms with Crippen LogP contribution in [0.3, 0.4) is 0 Å². The quantitative estimate of drug-likeness (QED) is 0.695. The van der Waals surface area contributed by atoms with Crippen LogP contribution in [0.25, 0.3) is 0 Å². The molecule has 1 unspecified atom stereocenters. The van der Waals surface area contributed by atoms with E-state index in [0.717, 1.165) is 32.1 Å². The molecule has 2 rings (SSSR count). The molecule has 0 amide bonds. The van der Waals surface area contributed by atoms with Crippen molar-refractivity contribution in [3.8, 4) is 0 Å². The van der Waals surface area contributed by atoms with Crippen molar-refractivity contribution in [2.45, 2.75) is 51.2 Å². The van der Waals surface area contributed by atoms with E-state index in [4.69, 9.17) is 10.1 Å². The molecule has 2 fully saturated rings. The summed E-state index contributed by atoms with van der Waals surface area (Å²) in [6, 6.07) is 0.443. The molecule has 1 saturated carbocycles. The summed E-state index contributed by atoms with van der Waals surface area (Å²) in [7, 11) is 0. The van der Waals surface area contributed by atoms with E-state index in [0.29, 0.717) is 17.8 Å². The fourth-order valence-corrected chi connectivity index (χ4v) is 2.70. The topological polar surface area (TPSA) is 62.2 Å². The van der Waals surface area contributed by atoms with Crippen molar-refractivity contribution in [3.63, 3.8) is 0 Å². The fourth-order valence-electron chi connectivity index (χ4n) is 2.70. The molecule has 0 radical (unpaired) electrons. The van der Waals surface area contributed by atoms with Gasteiger partial charge in [-0.3, -0.25) is 10.2 Å². The number of carbonyl (C=O) groups is 1. The van der Waals surface area contributed by atoms with Crippen molar-refractivity contribution in [1.82, 2.24) is 5.32 Å². The Kier molecular flexibility index (Phi) is 4.59. The number of hydrogen-bond acceptors (Lipinski definition) is 3. The van der Waals surface area contributed by atoms with Gasteiger partial charge in [-0.15, -0.1) is 12.4 Å². The van der Waals surface area contributed by atoms with Crippen molar-refractivity contribution in [1.29, 1.82) is 5.41 Å². The molecule has 5 heteroatoms. The minimum absolute atomic E-state index is 0. The van der Waals surface area contributed by atoms with E-state index < -0.39 is 0 Å². The van der Waals surface area contributed by atoms with Crippen LogP contribution in [0.1, 0.15) is 39.0 Å². The highest BCUT2D eigenvalue weighted by Crippen LogP contribution is 2.32. The maximum atomic E-state index is 10.9. The minimum Gasteiger partial charge on any atom is -0.463 e. The molecule has 1 saturated heterocycles. The second-order valence-electron chi connectivity index (χ2n) is 4.57. The second-order valence-corrected chi connectivity index (χ2v) is 4.57. The molecule has 0 aromatic heterocycles. The van der Waals surface area contributed by atoms with Gasteiger partial charge in [-0.1, -0.05) is 0 Å². The molecular formula is C11H19ClN2O2. The number of nitrogens with one attached hydrogen (secondary N) is 2. The Bertz CT molecular complexity index is 283. The highest BCUT2D eigenvalue weighted by Gasteiger charge is 2.34. The number of amidine groups is 1. The van der Waals surface area contributed by atoms with E-state index in [1.807, 2.05) is 0 Å². The Morgan fingerprint density at radius 3 is 2.88 bits per heavy atom. The van der Waals surface area contributed by atoms with Gasteiger partial charge in [0.15, 0.2) is 0 Å². The van der Waals surface area contributed by atoms with Crippen molar-refractivity contribution in [2.24, 2.45) is 5.92 Å². The van der Waals surface area contributed by atoms with E-state index in [9.17, 15) is 4.79 Å². The Morgan fingerprint density at radius 1 is 1.44 bits per heavy atom. The summed E-state index contributed by atoms with van der Waals surface area (Å²) in [5, 5.41) is 10.8. The Balaban J connectivity index is 0.00000128. The van der Waals surface area contributed by atoms with Crippen LogP contribution < -0.4 is 5.32 Å². The van der Waals surface area contributed by atoms with Gasteiger partial charge in [0.05, 0.1) is 5.84 Å². The number of ether oxygens (including phenoxy) is 1. The molecule has 1 aliphatic carbocycles. The zero-order valence-corrected chi connectivity index (χ0v) is 10.3. The van der Waals surface area contributed by atoms with E-state index in [2.05, 4.69) is 5.32 Å². The summed E-state index contributed by atoms with van der Waals surface area (Å²) < 4.78 is 5.25. The number of esters is 1. The lowest BCUT2D eigenvalue weighted by molar-refractivity contribution is -0.148. The smallest absolute Gasteiger partial charge is 0.302 e. The van der Waals surface area contributed by atoms with Gasteiger partial charge in [0.1, 0.15) is 6.10 Å². The summed E-state index contributed by atoms with van der Waals surface area (Å²) in [4.78, 5) is 10.9. The van der Waals surface area contributed by atoms with Crippen LogP contribution in [0, 0.1) is 11.3 Å². The maximum Gasteiger partial charge on any atom is 0.302 e. The number of rotatable bonds is 1. The average Bonchev–Trinajstić information content (AvgIpc) is 2.17. The molecule has 0 aromatic rings. The molecule has 3 atom stereocenters. The van der Waals surface area contributed by atoms with Crippen LogP contribution in [-0.2, 0) is 9.53 Å². The number of carbonyl (C=O) groups excluding carboxylic acids is 1. The van der Waals surface area contributed by atoms with E-state index >= 15 is 0 Å². The van der Waals surface area contributed by atoms with Gasteiger partial charge in [0.25, 0.3) is 0 Å². The third-order valence-corrected chi connectivity index (χ3v) is 3.39. The maximum absolute atomic E-state index is 10.9. The first kappa shape index (κ1) is 13.3. The average molecular weight is 247 g/mol. The summed E-state index contributed by atoms with van der Waals surface area (Å²) in [6.07, 6.45) is 4.93. The fraction of sp³-hybridized carbons (Fsp3) is 0.818. The summed E-state index contributed by atoms with van der Waals surface area (Å²) in [6.45, 7) is 1.47. The van der Waals surface area contributed by atoms with Gasteiger partial charge >= 0.3 is 5.97 Å². The Hall–Kier alpha value is -0.770. The lowest BCUT2D eigenvalue weighted by atomic mass is 9.78. The molecule has 0 spiro atoms. The Morgan fingerprint density at radius 2 is 2.19 bits per heavy atom. The highest BCUT2D eigenvalue weighted by molar-refractivity contribution is 5.85. The van der Waals surface area contributed by atoms with Gasteiger partial charge in [0.2, 0.25) is 0 Å². The lowest BCUT2D eigenvalue weighted by Gasteiger charge is -2.39. The molecule has 1 aliphatic heterocycles. The van der Waals surface area contributed by atoms with Crippen molar-refractivity contribution in [3.05, 3.63) is 0 Å². The van der Waals surface area contributed by atoms with E-state index in [1.165, 1.54) is 6.92 Å². The van der Waals surface area contributed by atoms with Crippen molar-refractivity contribution < 1.29 is 9.53 Å². The molecular weight excluding hydrogens is 228 g/mol. The van der Waals surface area contributed by atoms with Crippen LogP contribution in [0.5, 0.6) is 0 Å². The molecule has 2 aliphatic rings. The van der Waals surface area contributed by atoms with Crippen LogP contribution in [0.4, 0.5) is 0 Å². The molecule has 4 nitrogen and oxygen atoms in total. The minimum atomic E-state index is -0.171. The molecule has 1 heterocycles. The summed E-state index contributed by atoms with van der Waals surface area (Å²) in [5.41, 5.74) is 0. The van der Waals surface area contributed by atoms with E-state index in [-0.39, 0.29) is 24.5 Å². The third kappa shape index (κ3) is 3.11. The van der Waals surface area contributed by atoms with Gasteiger partial charge < -0.3 is 10.1 Å². The predicted octanol–water partition coefficient (Wildman–Crippen LogP) is 1.87. The van der Waals surface area contributed by atoms with Crippen LogP contribution in [0.2, 0.25) is 0 Å². The largest absolute Gasteiger partial charge is 0.463 e. The summed E-state index contributed by atoms with van der Waals surface area (Å²) >= 11 is 0. The first-order valence-corrected chi connectivity index (χ1v) is 5.66. The lowest BCUT2D eigenvalue weighted by Crippen LogP contribution is -2.48. The molecule has 16 heavy (non-hydrogen) atoms. The monoisotopic (exact) mass is 246 g/mol. The van der Waals surface area contributed by atoms with Gasteiger partial charge in [-0.25, -0.2) is 0 Å². The molecule has 0 bridgehead atoms. The Labute approximate surface area is 102 Å². The number of halogens is 1. The summed E-state index contributed by atoms with van der Waals surface area (Å²) in [5.74, 6) is 1.08. The number of hydrogen-bond donors (Lipinski definition) is 2. The third-order valence-electron chi connectivity index (χ3n) is 3.39. The zero-order valence-electron chi connectivity index (χ0n) is 9.49. The SMILES string of the molecule is CC(=O)OC1CC[C@H]2NC(=N)CC[C@H]2C1.Cl. The molecule has 0 aromatic carbocycles. The van der Waals surface area contributed by atoms with Crippen molar-refractivity contribution >= 4 is 24.2 Å². The van der Waals surface area contributed by atoms with Crippen molar-refractivity contribution in [2.75, 3.05) is 0 Å². The predicted molar refractivity (Wildman–Crippen MR) is 64.0 cm³/mol. The van der Waals surface area contributed by atoms with Gasteiger partial charge in [-0.05, 0) is 31.6 Å². The zero-order chi connectivity index (χ0) is 10.8. The van der Waals surface area contributed by atoms with Gasteiger partial charge in [-0.2, -0.15) is 0 Å². The van der Waals surface area contributed by atoms with E-state index in [1.54, 1.807) is 0 Å².